The molecule has 0 fully saturated rings. The fourth-order valence-corrected chi connectivity index (χ4v) is 4.16. The van der Waals surface area contributed by atoms with Crippen molar-refractivity contribution in [2.45, 2.75) is 12.8 Å². The third-order valence-corrected chi connectivity index (χ3v) is 5.88. The van der Waals surface area contributed by atoms with Crippen LogP contribution in [-0.2, 0) is 17.6 Å². The summed E-state index contributed by atoms with van der Waals surface area (Å²) in [6.07, 6.45) is 2.92. The first-order valence-corrected chi connectivity index (χ1v) is 11.6. The summed E-state index contributed by atoms with van der Waals surface area (Å²) in [5, 5.41) is 0. The molecule has 2 aliphatic heterocycles. The van der Waals surface area contributed by atoms with Gasteiger partial charge in [-0.15, -0.1) is 0 Å². The summed E-state index contributed by atoms with van der Waals surface area (Å²) in [6, 6.07) is 28.0. The van der Waals surface area contributed by atoms with E-state index in [1.165, 1.54) is 0 Å². The van der Waals surface area contributed by atoms with Crippen molar-refractivity contribution in [3.05, 3.63) is 124 Å². The lowest BCUT2D eigenvalue weighted by atomic mass is 10.1. The molecule has 0 bridgehead atoms. The molecule has 2 aliphatic rings. The summed E-state index contributed by atoms with van der Waals surface area (Å²) in [5.41, 5.74) is 5.31. The monoisotopic (exact) mass is 465 g/mol. The van der Waals surface area contributed by atoms with Crippen LogP contribution in [0.3, 0.4) is 0 Å². The van der Waals surface area contributed by atoms with Gasteiger partial charge in [0.05, 0.1) is 18.0 Å². The number of hydrogen-bond acceptors (Lipinski definition) is 4. The van der Waals surface area contributed by atoms with E-state index in [4.69, 9.17) is 14.5 Å². The lowest BCUT2D eigenvalue weighted by Gasteiger charge is -2.13. The zero-order chi connectivity index (χ0) is 24.0. The molecule has 0 aromatic heterocycles. The number of aromatic amines is 1. The van der Waals surface area contributed by atoms with E-state index in [0.29, 0.717) is 37.6 Å². The minimum Gasteiger partial charge on any atom is -0.491 e. The van der Waals surface area contributed by atoms with Crippen molar-refractivity contribution in [1.82, 2.24) is 14.5 Å². The molecule has 6 heteroatoms. The highest BCUT2D eigenvalue weighted by Crippen LogP contribution is 2.24. The Labute approximate surface area is 204 Å². The molecule has 0 spiro atoms. The first-order chi connectivity index (χ1) is 17.2. The van der Waals surface area contributed by atoms with E-state index in [0.717, 1.165) is 33.8 Å². The maximum absolute atomic E-state index is 13.5. The number of nitrogens with zero attached hydrogens (tertiary/aromatic N) is 2. The van der Waals surface area contributed by atoms with Gasteiger partial charge >= 0.3 is 0 Å². The third-order valence-electron chi connectivity index (χ3n) is 5.88. The molecule has 0 saturated heterocycles. The van der Waals surface area contributed by atoms with E-state index in [1.54, 1.807) is 11.7 Å². The van der Waals surface area contributed by atoms with Gasteiger partial charge in [0.15, 0.2) is 5.82 Å². The van der Waals surface area contributed by atoms with Crippen LogP contribution in [0.15, 0.2) is 95.9 Å². The Morgan fingerprint density at radius 2 is 1.60 bits per heavy atom. The molecule has 3 aromatic carbocycles. The molecule has 1 N–H and O–H groups in total. The van der Waals surface area contributed by atoms with Crippen molar-refractivity contribution >= 4 is 0 Å². The lowest BCUT2D eigenvalue weighted by Crippen LogP contribution is -2.17. The summed E-state index contributed by atoms with van der Waals surface area (Å²) in [5.74, 6) is 1.40. The molecule has 0 radical (unpaired) electrons. The molecule has 176 valence electrons. The lowest BCUT2D eigenvalue weighted by molar-refractivity contribution is 0.146. The van der Waals surface area contributed by atoms with Crippen LogP contribution in [0, 0.1) is 0 Å². The largest absolute Gasteiger partial charge is 0.491 e. The van der Waals surface area contributed by atoms with Crippen LogP contribution in [-0.4, -0.2) is 34.9 Å². The zero-order valence-corrected chi connectivity index (χ0v) is 19.6. The number of rotatable bonds is 9. The Morgan fingerprint density at radius 1 is 0.857 bits per heavy atom. The second kappa shape index (κ2) is 10.4. The topological polar surface area (TPSA) is 69.1 Å². The maximum Gasteiger partial charge on any atom is 0.278 e. The standard InChI is InChI=1S/C29H27N3O3/c1-34-15-16-35-24-14-8-11-22(17-24)19-26-29(33)32-20-27(23-12-6-3-7-13-23)30-25(28(32)31-26)18-21-9-4-2-5-10-21/h2-14,17,20,30H,15-16,18-19H2,1H3. The summed E-state index contributed by atoms with van der Waals surface area (Å²) in [7, 11) is 1.64. The zero-order valence-electron chi connectivity index (χ0n) is 19.6. The van der Waals surface area contributed by atoms with Crippen LogP contribution in [0.1, 0.15) is 22.5 Å². The first kappa shape index (κ1) is 22.6. The Kier molecular flexibility index (Phi) is 6.73. The molecule has 0 amide bonds. The fraction of sp³-hybridized carbons (Fsp3) is 0.172. The van der Waals surface area contributed by atoms with Crippen LogP contribution in [0.25, 0.3) is 17.1 Å². The number of ether oxygens (including phenoxy) is 2. The molecule has 2 heterocycles. The van der Waals surface area contributed by atoms with Crippen molar-refractivity contribution in [2.24, 2.45) is 0 Å². The summed E-state index contributed by atoms with van der Waals surface area (Å²) in [4.78, 5) is 21.8. The minimum atomic E-state index is -0.105. The molecule has 3 aromatic rings. The highest BCUT2D eigenvalue weighted by molar-refractivity contribution is 5.60. The van der Waals surface area contributed by atoms with E-state index in [1.807, 2.05) is 79.0 Å². The normalized spacial score (nSPS) is 11.1. The van der Waals surface area contributed by atoms with Gasteiger partial charge in [0.1, 0.15) is 18.1 Å². The van der Waals surface area contributed by atoms with Gasteiger partial charge in [0.25, 0.3) is 5.56 Å². The molecule has 5 rings (SSSR count). The van der Waals surface area contributed by atoms with Crippen LogP contribution < -0.4 is 10.3 Å². The van der Waals surface area contributed by atoms with Gasteiger partial charge in [-0.2, -0.15) is 0 Å². The summed E-state index contributed by atoms with van der Waals surface area (Å²) in [6.45, 7) is 0.994. The van der Waals surface area contributed by atoms with Crippen LogP contribution >= 0.6 is 0 Å². The fourth-order valence-electron chi connectivity index (χ4n) is 4.16. The molecule has 0 atom stereocenters. The molecule has 0 saturated carbocycles. The highest BCUT2D eigenvalue weighted by atomic mass is 16.5. The van der Waals surface area contributed by atoms with E-state index >= 15 is 0 Å². The second-order valence-corrected chi connectivity index (χ2v) is 8.40. The smallest absolute Gasteiger partial charge is 0.278 e. The van der Waals surface area contributed by atoms with Gasteiger partial charge in [-0.05, 0) is 28.8 Å². The predicted molar refractivity (Wildman–Crippen MR) is 137 cm³/mol. The molecule has 0 aliphatic carbocycles. The Balaban J connectivity index is 1.53. The van der Waals surface area contributed by atoms with E-state index in [9.17, 15) is 4.79 Å². The van der Waals surface area contributed by atoms with Gasteiger partial charge in [0, 0.05) is 26.1 Å². The second-order valence-electron chi connectivity index (χ2n) is 8.40. The van der Waals surface area contributed by atoms with Crippen molar-refractivity contribution in [3.8, 4) is 22.8 Å². The quantitative estimate of drug-likeness (QED) is 0.315. The Hall–Kier alpha value is -4.16. The number of imidazole rings is 1. The van der Waals surface area contributed by atoms with E-state index in [2.05, 4.69) is 17.1 Å². The number of benzene rings is 3. The molecular weight excluding hydrogens is 438 g/mol. The molecular formula is C29H27N3O3. The van der Waals surface area contributed by atoms with Crippen LogP contribution in [0.2, 0.25) is 0 Å². The van der Waals surface area contributed by atoms with Gasteiger partial charge < -0.3 is 14.5 Å². The predicted octanol–water partition coefficient (Wildman–Crippen LogP) is 4.87. The number of aromatic nitrogens is 3. The van der Waals surface area contributed by atoms with Gasteiger partial charge in [-0.3, -0.25) is 9.36 Å². The first-order valence-electron chi connectivity index (χ1n) is 11.6. The third kappa shape index (κ3) is 5.18. The minimum absolute atomic E-state index is 0.105. The molecule has 35 heavy (non-hydrogen) atoms. The van der Waals surface area contributed by atoms with Crippen LogP contribution in [0.5, 0.6) is 5.75 Å². The molecule has 0 unspecified atom stereocenters. The Bertz CT molecular complexity index is 1420. The Morgan fingerprint density at radius 3 is 2.37 bits per heavy atom. The number of nitrogens with one attached hydrogen (secondary N) is 1. The number of methoxy groups -OCH3 is 1. The summed E-state index contributed by atoms with van der Waals surface area (Å²) >= 11 is 0. The van der Waals surface area contributed by atoms with Crippen molar-refractivity contribution in [1.29, 1.82) is 0 Å². The van der Waals surface area contributed by atoms with E-state index in [-0.39, 0.29) is 5.56 Å². The van der Waals surface area contributed by atoms with Gasteiger partial charge in [-0.1, -0.05) is 72.8 Å². The van der Waals surface area contributed by atoms with Gasteiger partial charge in [0.2, 0.25) is 0 Å². The highest BCUT2D eigenvalue weighted by Gasteiger charge is 2.20. The number of H-pyrrole nitrogens is 1. The van der Waals surface area contributed by atoms with Crippen molar-refractivity contribution in [3.63, 3.8) is 0 Å². The average molecular weight is 466 g/mol. The summed E-state index contributed by atoms with van der Waals surface area (Å²) < 4.78 is 12.5. The van der Waals surface area contributed by atoms with E-state index < -0.39 is 0 Å². The molecule has 6 nitrogen and oxygen atoms in total. The van der Waals surface area contributed by atoms with Gasteiger partial charge in [-0.25, -0.2) is 4.98 Å². The maximum atomic E-state index is 13.5. The number of fused-ring (bicyclic) bond motifs is 1. The number of hydrogen-bond donors (Lipinski definition) is 1. The average Bonchev–Trinajstić information content (AvgIpc) is 3.21. The van der Waals surface area contributed by atoms with Crippen molar-refractivity contribution < 1.29 is 9.47 Å². The SMILES string of the molecule is COCCOc1cccc(Cc2nc3c(Cc4ccccc4)[nH]c(-c4ccccc4)cn-3c2=O)c1. The van der Waals surface area contributed by atoms with Crippen molar-refractivity contribution in [2.75, 3.05) is 20.3 Å². The van der Waals surface area contributed by atoms with Crippen LogP contribution in [0.4, 0.5) is 0 Å².